The standard InChI is InChI=1S/C8H14N2O3/c1-2-9-3-4-10(5-6-11)8(13)7(9)12/h11H,2-6H2,1H3. The number of likely N-dealkylation sites (N-methyl/N-ethyl adjacent to an activating group) is 1. The van der Waals surface area contributed by atoms with Gasteiger partial charge in [0.05, 0.1) is 6.61 Å². The monoisotopic (exact) mass is 186 g/mol. The molecule has 0 aromatic carbocycles. The largest absolute Gasteiger partial charge is 0.395 e. The Bertz CT molecular complexity index is 217. The van der Waals surface area contributed by atoms with Gasteiger partial charge in [-0.1, -0.05) is 0 Å². The molecule has 1 heterocycles. The van der Waals surface area contributed by atoms with E-state index in [1.165, 1.54) is 9.80 Å². The molecular formula is C8H14N2O3. The van der Waals surface area contributed by atoms with E-state index in [4.69, 9.17) is 5.11 Å². The van der Waals surface area contributed by atoms with E-state index in [2.05, 4.69) is 0 Å². The number of amides is 2. The van der Waals surface area contributed by atoms with Crippen molar-refractivity contribution >= 4 is 11.8 Å². The number of rotatable bonds is 3. The highest BCUT2D eigenvalue weighted by Gasteiger charge is 2.30. The molecule has 1 aliphatic rings. The highest BCUT2D eigenvalue weighted by molar-refractivity contribution is 6.35. The summed E-state index contributed by atoms with van der Waals surface area (Å²) in [7, 11) is 0. The lowest BCUT2D eigenvalue weighted by Gasteiger charge is -2.32. The lowest BCUT2D eigenvalue weighted by molar-refractivity contribution is -0.156. The molecule has 1 aliphatic heterocycles. The lowest BCUT2D eigenvalue weighted by atomic mass is 10.3. The van der Waals surface area contributed by atoms with Crippen LogP contribution in [0.1, 0.15) is 6.92 Å². The van der Waals surface area contributed by atoms with Crippen LogP contribution in [0.5, 0.6) is 0 Å². The van der Waals surface area contributed by atoms with Crippen molar-refractivity contribution in [2.45, 2.75) is 6.92 Å². The third kappa shape index (κ3) is 1.98. The molecule has 74 valence electrons. The minimum Gasteiger partial charge on any atom is -0.395 e. The van der Waals surface area contributed by atoms with Crippen molar-refractivity contribution in [3.63, 3.8) is 0 Å². The van der Waals surface area contributed by atoms with Crippen LogP contribution in [-0.2, 0) is 9.59 Å². The molecule has 0 spiro atoms. The van der Waals surface area contributed by atoms with Crippen LogP contribution in [0.3, 0.4) is 0 Å². The van der Waals surface area contributed by atoms with Crippen molar-refractivity contribution in [2.75, 3.05) is 32.8 Å². The molecule has 2 amide bonds. The fourth-order valence-electron chi connectivity index (χ4n) is 1.35. The van der Waals surface area contributed by atoms with E-state index >= 15 is 0 Å². The first-order chi connectivity index (χ1) is 6.20. The highest BCUT2D eigenvalue weighted by atomic mass is 16.3. The van der Waals surface area contributed by atoms with Crippen LogP contribution in [0, 0.1) is 0 Å². The molecule has 1 rings (SSSR count). The van der Waals surface area contributed by atoms with Crippen molar-refractivity contribution in [1.29, 1.82) is 0 Å². The predicted octanol–water partition coefficient (Wildman–Crippen LogP) is -1.33. The summed E-state index contributed by atoms with van der Waals surface area (Å²) in [6, 6.07) is 0. The molecule has 5 heteroatoms. The zero-order chi connectivity index (χ0) is 9.84. The summed E-state index contributed by atoms with van der Waals surface area (Å²) in [5.41, 5.74) is 0. The summed E-state index contributed by atoms with van der Waals surface area (Å²) in [6.07, 6.45) is 0. The summed E-state index contributed by atoms with van der Waals surface area (Å²) in [6.45, 7) is 3.66. The van der Waals surface area contributed by atoms with Crippen molar-refractivity contribution in [3.05, 3.63) is 0 Å². The first-order valence-electron chi connectivity index (χ1n) is 4.39. The number of hydrogen-bond donors (Lipinski definition) is 1. The molecule has 1 N–H and O–H groups in total. The van der Waals surface area contributed by atoms with Crippen LogP contribution >= 0.6 is 0 Å². The number of hydrogen-bond acceptors (Lipinski definition) is 3. The average molecular weight is 186 g/mol. The minimum absolute atomic E-state index is 0.0921. The molecule has 0 atom stereocenters. The molecule has 0 aliphatic carbocycles. The average Bonchev–Trinajstić information content (AvgIpc) is 2.14. The number of nitrogens with zero attached hydrogens (tertiary/aromatic N) is 2. The van der Waals surface area contributed by atoms with Gasteiger partial charge in [-0.3, -0.25) is 9.59 Å². The van der Waals surface area contributed by atoms with E-state index in [0.717, 1.165) is 0 Å². The summed E-state index contributed by atoms with van der Waals surface area (Å²) >= 11 is 0. The fraction of sp³-hybridized carbons (Fsp3) is 0.750. The number of aliphatic hydroxyl groups is 1. The first-order valence-corrected chi connectivity index (χ1v) is 4.39. The van der Waals surface area contributed by atoms with Gasteiger partial charge in [-0.2, -0.15) is 0 Å². The van der Waals surface area contributed by atoms with E-state index in [9.17, 15) is 9.59 Å². The molecule has 0 aromatic rings. The van der Waals surface area contributed by atoms with Crippen LogP contribution in [0.25, 0.3) is 0 Å². The second-order valence-corrected chi connectivity index (χ2v) is 2.90. The van der Waals surface area contributed by atoms with Gasteiger partial charge in [0, 0.05) is 26.2 Å². The van der Waals surface area contributed by atoms with Gasteiger partial charge >= 0.3 is 11.8 Å². The Kier molecular flexibility index (Phi) is 3.25. The Labute approximate surface area is 76.9 Å². The van der Waals surface area contributed by atoms with E-state index in [-0.39, 0.29) is 13.2 Å². The van der Waals surface area contributed by atoms with Crippen LogP contribution in [0.4, 0.5) is 0 Å². The van der Waals surface area contributed by atoms with E-state index in [0.29, 0.717) is 19.6 Å². The molecule has 0 radical (unpaired) electrons. The van der Waals surface area contributed by atoms with Gasteiger partial charge in [-0.15, -0.1) is 0 Å². The zero-order valence-corrected chi connectivity index (χ0v) is 7.69. The number of carbonyl (C=O) groups is 2. The molecule has 0 bridgehead atoms. The van der Waals surface area contributed by atoms with Gasteiger partial charge in [0.25, 0.3) is 0 Å². The molecule has 1 fully saturated rings. The molecule has 1 saturated heterocycles. The Balaban J connectivity index is 2.59. The second-order valence-electron chi connectivity index (χ2n) is 2.90. The molecule has 13 heavy (non-hydrogen) atoms. The summed E-state index contributed by atoms with van der Waals surface area (Å²) in [5.74, 6) is -0.954. The third-order valence-electron chi connectivity index (χ3n) is 2.15. The maximum Gasteiger partial charge on any atom is 0.312 e. The van der Waals surface area contributed by atoms with E-state index < -0.39 is 11.8 Å². The van der Waals surface area contributed by atoms with Crippen LogP contribution in [0.2, 0.25) is 0 Å². The second kappa shape index (κ2) is 4.23. The SMILES string of the molecule is CCN1CCN(CCO)C(=O)C1=O. The number of aliphatic hydroxyl groups excluding tert-OH is 1. The highest BCUT2D eigenvalue weighted by Crippen LogP contribution is 2.03. The van der Waals surface area contributed by atoms with E-state index in [1.54, 1.807) is 0 Å². The maximum atomic E-state index is 11.3. The summed E-state index contributed by atoms with van der Waals surface area (Å²) in [4.78, 5) is 25.5. The van der Waals surface area contributed by atoms with Crippen LogP contribution < -0.4 is 0 Å². The number of carbonyl (C=O) groups excluding carboxylic acids is 2. The Morgan fingerprint density at radius 3 is 2.31 bits per heavy atom. The van der Waals surface area contributed by atoms with Crippen molar-refractivity contribution in [2.24, 2.45) is 0 Å². The third-order valence-corrected chi connectivity index (χ3v) is 2.15. The molecule has 0 unspecified atom stereocenters. The van der Waals surface area contributed by atoms with Gasteiger partial charge in [0.1, 0.15) is 0 Å². The van der Waals surface area contributed by atoms with Crippen molar-refractivity contribution in [1.82, 2.24) is 9.80 Å². The van der Waals surface area contributed by atoms with Gasteiger partial charge in [0.2, 0.25) is 0 Å². The van der Waals surface area contributed by atoms with Crippen molar-refractivity contribution < 1.29 is 14.7 Å². The molecule has 5 nitrogen and oxygen atoms in total. The molecular weight excluding hydrogens is 172 g/mol. The predicted molar refractivity (Wildman–Crippen MR) is 45.9 cm³/mol. The number of piperazine rings is 1. The fourth-order valence-corrected chi connectivity index (χ4v) is 1.35. The quantitative estimate of drug-likeness (QED) is 0.555. The Morgan fingerprint density at radius 1 is 1.23 bits per heavy atom. The molecule has 0 aromatic heterocycles. The topological polar surface area (TPSA) is 60.9 Å². The van der Waals surface area contributed by atoms with E-state index in [1.807, 2.05) is 6.92 Å². The van der Waals surface area contributed by atoms with Gasteiger partial charge < -0.3 is 14.9 Å². The van der Waals surface area contributed by atoms with Crippen LogP contribution in [-0.4, -0.2) is 59.5 Å². The molecule has 0 saturated carbocycles. The van der Waals surface area contributed by atoms with Gasteiger partial charge in [0.15, 0.2) is 0 Å². The minimum atomic E-state index is -0.498. The summed E-state index contributed by atoms with van der Waals surface area (Å²) < 4.78 is 0. The normalized spacial score (nSPS) is 18.3. The Morgan fingerprint density at radius 2 is 1.77 bits per heavy atom. The first kappa shape index (κ1) is 9.98. The number of β-amino-alcohol motifs (C(OH)–C–C–N with tert-alkyl or cyclic N) is 1. The Hall–Kier alpha value is -1.10. The maximum absolute atomic E-state index is 11.3. The lowest BCUT2D eigenvalue weighted by Crippen LogP contribution is -2.54. The van der Waals surface area contributed by atoms with Crippen LogP contribution in [0.15, 0.2) is 0 Å². The van der Waals surface area contributed by atoms with Gasteiger partial charge in [-0.05, 0) is 6.92 Å². The smallest absolute Gasteiger partial charge is 0.312 e. The zero-order valence-electron chi connectivity index (χ0n) is 7.69. The van der Waals surface area contributed by atoms with Gasteiger partial charge in [-0.25, -0.2) is 0 Å². The summed E-state index contributed by atoms with van der Waals surface area (Å²) in [5, 5.41) is 8.63. The van der Waals surface area contributed by atoms with Crippen molar-refractivity contribution in [3.8, 4) is 0 Å².